The molecule has 1 aliphatic rings. The van der Waals surface area contributed by atoms with E-state index in [1.807, 2.05) is 6.08 Å². The van der Waals surface area contributed by atoms with Gasteiger partial charge in [0.2, 0.25) is 0 Å². The van der Waals surface area contributed by atoms with Crippen molar-refractivity contribution in [1.82, 2.24) is 0 Å². The largest absolute Gasteiger partial charge is 0.358 e. The van der Waals surface area contributed by atoms with Gasteiger partial charge in [-0.15, -0.1) is 19.2 Å². The van der Waals surface area contributed by atoms with Crippen LogP contribution in [0.5, 0.6) is 0 Å². The van der Waals surface area contributed by atoms with Crippen LogP contribution >= 0.6 is 12.6 Å². The minimum atomic E-state index is -0.123. The van der Waals surface area contributed by atoms with E-state index >= 15 is 0 Å². The summed E-state index contributed by atoms with van der Waals surface area (Å²) in [4.78, 5) is -0.123. The van der Waals surface area contributed by atoms with Crippen molar-refractivity contribution in [3.05, 3.63) is 12.7 Å². The van der Waals surface area contributed by atoms with Crippen molar-refractivity contribution < 1.29 is 4.74 Å². The molecule has 7 heavy (non-hydrogen) atoms. The van der Waals surface area contributed by atoms with Gasteiger partial charge < -0.3 is 4.74 Å². The number of ether oxygens (including phenoxy) is 1. The van der Waals surface area contributed by atoms with Gasteiger partial charge in [-0.3, -0.25) is 0 Å². The number of epoxide rings is 1. The molecule has 2 heteroatoms. The standard InChI is InChI=1S/C5H8OS/c1-2-3-5(7)4-6-5/h2,7H,1,3-4H2. The Morgan fingerprint density at radius 3 is 2.71 bits per heavy atom. The van der Waals surface area contributed by atoms with E-state index in [2.05, 4.69) is 19.2 Å². The fourth-order valence-electron chi connectivity index (χ4n) is 0.427. The lowest BCUT2D eigenvalue weighted by atomic mass is 10.3. The summed E-state index contributed by atoms with van der Waals surface area (Å²) in [5, 5.41) is 0. The van der Waals surface area contributed by atoms with Crippen molar-refractivity contribution in [2.24, 2.45) is 0 Å². The van der Waals surface area contributed by atoms with Gasteiger partial charge in [0.25, 0.3) is 0 Å². The number of thiol groups is 1. The lowest BCUT2D eigenvalue weighted by Gasteiger charge is -1.93. The summed E-state index contributed by atoms with van der Waals surface area (Å²) in [6.45, 7) is 4.34. The maximum atomic E-state index is 4.93. The van der Waals surface area contributed by atoms with E-state index in [0.717, 1.165) is 13.0 Å². The van der Waals surface area contributed by atoms with Gasteiger partial charge in [0.1, 0.15) is 4.93 Å². The smallest absolute Gasteiger partial charge is 0.137 e. The van der Waals surface area contributed by atoms with Crippen molar-refractivity contribution in [3.63, 3.8) is 0 Å². The fraction of sp³-hybridized carbons (Fsp3) is 0.600. The van der Waals surface area contributed by atoms with Gasteiger partial charge in [-0.2, -0.15) is 0 Å². The molecular formula is C5H8OS. The Morgan fingerprint density at radius 2 is 2.57 bits per heavy atom. The first-order valence-corrected chi connectivity index (χ1v) is 2.69. The highest BCUT2D eigenvalue weighted by molar-refractivity contribution is 7.82. The summed E-state index contributed by atoms with van der Waals surface area (Å²) < 4.78 is 4.93. The predicted octanol–water partition coefficient (Wildman–Crippen LogP) is 1.22. The van der Waals surface area contributed by atoms with E-state index < -0.39 is 0 Å². The minimum absolute atomic E-state index is 0.123. The highest BCUT2D eigenvalue weighted by atomic mass is 32.1. The van der Waals surface area contributed by atoms with Crippen molar-refractivity contribution in [1.29, 1.82) is 0 Å². The third kappa shape index (κ3) is 1.21. The first kappa shape index (κ1) is 5.19. The second kappa shape index (κ2) is 1.53. The molecule has 1 fully saturated rings. The SMILES string of the molecule is C=CCC1(S)CO1. The third-order valence-corrected chi connectivity index (χ3v) is 1.38. The molecule has 0 aromatic carbocycles. The zero-order valence-electron chi connectivity index (χ0n) is 4.05. The molecule has 0 aromatic rings. The first-order valence-electron chi connectivity index (χ1n) is 2.24. The highest BCUT2D eigenvalue weighted by Crippen LogP contribution is 2.34. The summed E-state index contributed by atoms with van der Waals surface area (Å²) in [5.74, 6) is 0. The molecule has 1 aliphatic heterocycles. The Labute approximate surface area is 48.8 Å². The summed E-state index contributed by atoms with van der Waals surface area (Å²) in [7, 11) is 0. The van der Waals surface area contributed by atoms with Crippen molar-refractivity contribution in [2.75, 3.05) is 6.61 Å². The lowest BCUT2D eigenvalue weighted by Crippen LogP contribution is -1.95. The first-order chi connectivity index (χ1) is 3.27. The molecule has 40 valence electrons. The van der Waals surface area contributed by atoms with Crippen LogP contribution < -0.4 is 0 Å². The molecule has 0 saturated carbocycles. The molecule has 1 unspecified atom stereocenters. The molecule has 0 bridgehead atoms. The summed E-state index contributed by atoms with van der Waals surface area (Å²) in [5.41, 5.74) is 0. The Balaban J connectivity index is 2.25. The second-order valence-electron chi connectivity index (χ2n) is 1.73. The van der Waals surface area contributed by atoms with Crippen molar-refractivity contribution in [2.45, 2.75) is 11.4 Å². The van der Waals surface area contributed by atoms with Gasteiger partial charge >= 0.3 is 0 Å². The van der Waals surface area contributed by atoms with Crippen LogP contribution in [0.4, 0.5) is 0 Å². The van der Waals surface area contributed by atoms with Crippen LogP contribution in [0.15, 0.2) is 12.7 Å². The van der Waals surface area contributed by atoms with E-state index in [1.54, 1.807) is 0 Å². The van der Waals surface area contributed by atoms with Gasteiger partial charge in [0.15, 0.2) is 0 Å². The molecule has 1 saturated heterocycles. The Hall–Kier alpha value is 0.0500. The average molecular weight is 116 g/mol. The number of rotatable bonds is 2. The normalized spacial score (nSPS) is 37.9. The quantitative estimate of drug-likeness (QED) is 0.325. The number of hydrogen-bond acceptors (Lipinski definition) is 2. The van der Waals surface area contributed by atoms with Gasteiger partial charge in [0, 0.05) is 6.42 Å². The Kier molecular flexibility index (Phi) is 1.13. The van der Waals surface area contributed by atoms with Crippen molar-refractivity contribution in [3.8, 4) is 0 Å². The molecular weight excluding hydrogens is 108 g/mol. The van der Waals surface area contributed by atoms with Crippen LogP contribution in [0.1, 0.15) is 6.42 Å². The molecule has 0 N–H and O–H groups in total. The lowest BCUT2D eigenvalue weighted by molar-refractivity contribution is 0.389. The molecule has 1 nitrogen and oxygen atoms in total. The molecule has 0 amide bonds. The van der Waals surface area contributed by atoms with Crippen molar-refractivity contribution >= 4 is 12.6 Å². The molecule has 0 radical (unpaired) electrons. The van der Waals surface area contributed by atoms with Crippen LogP contribution in [0.25, 0.3) is 0 Å². The van der Waals surface area contributed by atoms with Gasteiger partial charge in [-0.1, -0.05) is 6.08 Å². The van der Waals surface area contributed by atoms with E-state index in [0.29, 0.717) is 0 Å². The van der Waals surface area contributed by atoms with Crippen LogP contribution in [-0.2, 0) is 4.74 Å². The van der Waals surface area contributed by atoms with Gasteiger partial charge in [0.05, 0.1) is 6.61 Å². The second-order valence-corrected chi connectivity index (χ2v) is 2.54. The van der Waals surface area contributed by atoms with Gasteiger partial charge in [-0.05, 0) is 0 Å². The van der Waals surface area contributed by atoms with Crippen LogP contribution in [0.3, 0.4) is 0 Å². The zero-order valence-corrected chi connectivity index (χ0v) is 4.95. The Morgan fingerprint density at radius 1 is 2.00 bits per heavy atom. The molecule has 0 aromatic heterocycles. The Bertz CT molecular complexity index is 86.1. The molecule has 0 aliphatic carbocycles. The third-order valence-electron chi connectivity index (χ3n) is 0.941. The van der Waals surface area contributed by atoms with Crippen LogP contribution in [0, 0.1) is 0 Å². The van der Waals surface area contributed by atoms with Crippen LogP contribution in [-0.4, -0.2) is 11.5 Å². The zero-order chi connectivity index (χ0) is 5.33. The van der Waals surface area contributed by atoms with E-state index in [-0.39, 0.29) is 4.93 Å². The summed E-state index contributed by atoms with van der Waals surface area (Å²) in [6.07, 6.45) is 2.68. The van der Waals surface area contributed by atoms with E-state index in [4.69, 9.17) is 4.74 Å². The molecule has 1 rings (SSSR count). The van der Waals surface area contributed by atoms with E-state index in [9.17, 15) is 0 Å². The number of hydrogen-bond donors (Lipinski definition) is 1. The monoisotopic (exact) mass is 116 g/mol. The summed E-state index contributed by atoms with van der Waals surface area (Å²) in [6, 6.07) is 0. The predicted molar refractivity (Wildman–Crippen MR) is 32.5 cm³/mol. The molecule has 1 heterocycles. The minimum Gasteiger partial charge on any atom is -0.358 e. The molecule has 0 spiro atoms. The maximum absolute atomic E-state index is 4.93. The van der Waals surface area contributed by atoms with Crippen LogP contribution in [0.2, 0.25) is 0 Å². The maximum Gasteiger partial charge on any atom is 0.137 e. The topological polar surface area (TPSA) is 12.5 Å². The van der Waals surface area contributed by atoms with E-state index in [1.165, 1.54) is 0 Å². The fourth-order valence-corrected chi connectivity index (χ4v) is 0.620. The summed E-state index contributed by atoms with van der Waals surface area (Å²) >= 11 is 4.15. The molecule has 1 atom stereocenters. The highest BCUT2D eigenvalue weighted by Gasteiger charge is 2.38. The average Bonchev–Trinajstić information content (AvgIpc) is 2.22. The van der Waals surface area contributed by atoms with Gasteiger partial charge in [-0.25, -0.2) is 0 Å².